The minimum absolute atomic E-state index is 0.0583. The molecule has 0 atom stereocenters. The molecule has 0 radical (unpaired) electrons. The summed E-state index contributed by atoms with van der Waals surface area (Å²) in [6.45, 7) is 8.52. The Kier molecular flexibility index (Phi) is 4.99. The molecule has 0 unspecified atom stereocenters. The number of morpholine rings is 1. The van der Waals surface area contributed by atoms with Gasteiger partial charge in [-0.1, -0.05) is 12.1 Å². The third-order valence-corrected chi connectivity index (χ3v) is 3.39. The van der Waals surface area contributed by atoms with Crippen molar-refractivity contribution in [1.82, 2.24) is 4.90 Å². The number of nitriles is 1. The minimum Gasteiger partial charge on any atom is -0.492 e. The van der Waals surface area contributed by atoms with Gasteiger partial charge < -0.3 is 9.47 Å². The van der Waals surface area contributed by atoms with Gasteiger partial charge >= 0.3 is 0 Å². The molecule has 20 heavy (non-hydrogen) atoms. The number of benzene rings is 1. The number of ether oxygens (including phenoxy) is 2. The van der Waals surface area contributed by atoms with Crippen molar-refractivity contribution in [3.63, 3.8) is 0 Å². The van der Waals surface area contributed by atoms with Crippen LogP contribution in [0.2, 0.25) is 0 Å². The first kappa shape index (κ1) is 14.8. The summed E-state index contributed by atoms with van der Waals surface area (Å²) in [6.07, 6.45) is 0.448. The molecular formula is C16H22N2O2. The van der Waals surface area contributed by atoms with Gasteiger partial charge in [0.25, 0.3) is 0 Å². The molecule has 0 N–H and O–H groups in total. The molecule has 1 fully saturated rings. The minimum atomic E-state index is -0.0583. The largest absolute Gasteiger partial charge is 0.492 e. The molecule has 4 heteroatoms. The Bertz CT molecular complexity index is 462. The van der Waals surface area contributed by atoms with E-state index in [4.69, 9.17) is 14.7 Å². The maximum Gasteiger partial charge on any atom is 0.119 e. The molecular weight excluding hydrogens is 252 g/mol. The van der Waals surface area contributed by atoms with Gasteiger partial charge in [-0.2, -0.15) is 5.26 Å². The summed E-state index contributed by atoms with van der Waals surface area (Å²) in [7, 11) is 0. The van der Waals surface area contributed by atoms with Gasteiger partial charge in [-0.3, -0.25) is 4.90 Å². The molecule has 1 aromatic carbocycles. The van der Waals surface area contributed by atoms with Gasteiger partial charge in [0.15, 0.2) is 0 Å². The Labute approximate surface area is 120 Å². The summed E-state index contributed by atoms with van der Waals surface area (Å²) in [4.78, 5) is 2.37. The molecule has 0 saturated carbocycles. The third kappa shape index (κ3) is 4.52. The Morgan fingerprint density at radius 3 is 2.75 bits per heavy atom. The van der Waals surface area contributed by atoms with E-state index in [0.717, 1.165) is 37.6 Å². The van der Waals surface area contributed by atoms with Crippen molar-refractivity contribution in [3.05, 3.63) is 29.8 Å². The van der Waals surface area contributed by atoms with Gasteiger partial charge in [-0.15, -0.1) is 0 Å². The zero-order valence-corrected chi connectivity index (χ0v) is 12.3. The van der Waals surface area contributed by atoms with Crippen molar-refractivity contribution in [2.45, 2.75) is 25.9 Å². The molecule has 0 amide bonds. The Morgan fingerprint density at radius 2 is 2.10 bits per heavy atom. The lowest BCUT2D eigenvalue weighted by Gasteiger charge is -2.38. The summed E-state index contributed by atoms with van der Waals surface area (Å²) >= 11 is 0. The highest BCUT2D eigenvalue weighted by atomic mass is 16.5. The number of nitrogens with zero attached hydrogens (tertiary/aromatic N) is 2. The molecule has 0 bridgehead atoms. The normalized spacial score (nSPS) is 18.4. The highest BCUT2D eigenvalue weighted by molar-refractivity contribution is 5.28. The first-order valence-corrected chi connectivity index (χ1v) is 7.04. The molecule has 4 nitrogen and oxygen atoms in total. The van der Waals surface area contributed by atoms with E-state index in [1.807, 2.05) is 24.3 Å². The predicted molar refractivity (Wildman–Crippen MR) is 77.7 cm³/mol. The summed E-state index contributed by atoms with van der Waals surface area (Å²) < 4.78 is 11.4. The van der Waals surface area contributed by atoms with Crippen molar-refractivity contribution in [2.24, 2.45) is 0 Å². The zero-order valence-electron chi connectivity index (χ0n) is 12.3. The lowest BCUT2D eigenvalue weighted by atomic mass is 10.1. The van der Waals surface area contributed by atoms with E-state index in [1.54, 1.807) is 0 Å². The Hall–Kier alpha value is -1.57. The average molecular weight is 274 g/mol. The van der Waals surface area contributed by atoms with E-state index in [1.165, 1.54) is 0 Å². The van der Waals surface area contributed by atoms with Gasteiger partial charge in [0.2, 0.25) is 0 Å². The number of hydrogen-bond donors (Lipinski definition) is 0. The molecule has 0 aromatic heterocycles. The fourth-order valence-electron chi connectivity index (χ4n) is 2.39. The monoisotopic (exact) mass is 274 g/mol. The van der Waals surface area contributed by atoms with Gasteiger partial charge in [0, 0.05) is 19.6 Å². The molecule has 1 aliphatic heterocycles. The van der Waals surface area contributed by atoms with Crippen molar-refractivity contribution in [2.75, 3.05) is 32.8 Å². The average Bonchev–Trinajstić information content (AvgIpc) is 2.40. The van der Waals surface area contributed by atoms with Gasteiger partial charge in [0.1, 0.15) is 12.4 Å². The van der Waals surface area contributed by atoms with E-state index in [2.05, 4.69) is 24.8 Å². The van der Waals surface area contributed by atoms with Gasteiger partial charge in [-0.25, -0.2) is 0 Å². The van der Waals surface area contributed by atoms with E-state index < -0.39 is 0 Å². The lowest BCUT2D eigenvalue weighted by Crippen LogP contribution is -2.49. The molecule has 2 rings (SSSR count). The molecule has 0 aliphatic carbocycles. The Morgan fingerprint density at radius 1 is 1.35 bits per heavy atom. The third-order valence-electron chi connectivity index (χ3n) is 3.39. The quantitative estimate of drug-likeness (QED) is 0.826. The maximum atomic E-state index is 8.62. The molecule has 1 aromatic rings. The van der Waals surface area contributed by atoms with Crippen molar-refractivity contribution in [1.29, 1.82) is 5.26 Å². The maximum absolute atomic E-state index is 8.62. The van der Waals surface area contributed by atoms with E-state index >= 15 is 0 Å². The summed E-state index contributed by atoms with van der Waals surface area (Å²) in [5, 5.41) is 8.62. The van der Waals surface area contributed by atoms with Gasteiger partial charge in [0.05, 0.1) is 24.7 Å². The Balaban J connectivity index is 1.74. The highest BCUT2D eigenvalue weighted by Gasteiger charge is 2.26. The predicted octanol–water partition coefficient (Wildman–Crippen LogP) is 2.24. The summed E-state index contributed by atoms with van der Waals surface area (Å²) in [5.41, 5.74) is 0.965. The second-order valence-electron chi connectivity index (χ2n) is 5.71. The van der Waals surface area contributed by atoms with Crippen LogP contribution in [-0.2, 0) is 11.2 Å². The van der Waals surface area contributed by atoms with E-state index in [0.29, 0.717) is 13.0 Å². The number of hydrogen-bond acceptors (Lipinski definition) is 4. The van der Waals surface area contributed by atoms with Crippen LogP contribution in [0.5, 0.6) is 5.75 Å². The van der Waals surface area contributed by atoms with Crippen LogP contribution in [0.3, 0.4) is 0 Å². The van der Waals surface area contributed by atoms with Crippen LogP contribution in [0.1, 0.15) is 19.4 Å². The van der Waals surface area contributed by atoms with Crippen molar-refractivity contribution >= 4 is 0 Å². The molecule has 1 saturated heterocycles. The lowest BCUT2D eigenvalue weighted by molar-refractivity contribution is -0.0875. The fourth-order valence-corrected chi connectivity index (χ4v) is 2.39. The first-order chi connectivity index (χ1) is 9.59. The van der Waals surface area contributed by atoms with Crippen LogP contribution < -0.4 is 4.74 Å². The SMILES string of the molecule is CC1(C)CN(CCOc2ccc(CC#N)cc2)CCO1. The van der Waals surface area contributed by atoms with Crippen LogP contribution in [0.25, 0.3) is 0 Å². The molecule has 1 heterocycles. The smallest absolute Gasteiger partial charge is 0.119 e. The first-order valence-electron chi connectivity index (χ1n) is 7.04. The second kappa shape index (κ2) is 6.74. The van der Waals surface area contributed by atoms with Crippen molar-refractivity contribution in [3.8, 4) is 11.8 Å². The van der Waals surface area contributed by atoms with Crippen LogP contribution in [0.4, 0.5) is 0 Å². The zero-order chi connectivity index (χ0) is 14.4. The fraction of sp³-hybridized carbons (Fsp3) is 0.562. The van der Waals surface area contributed by atoms with Crippen LogP contribution in [-0.4, -0.2) is 43.3 Å². The van der Waals surface area contributed by atoms with Gasteiger partial charge in [-0.05, 0) is 31.5 Å². The summed E-state index contributed by atoms with van der Waals surface area (Å²) in [6, 6.07) is 9.87. The molecule has 1 aliphatic rings. The summed E-state index contributed by atoms with van der Waals surface area (Å²) in [5.74, 6) is 0.860. The number of rotatable bonds is 5. The van der Waals surface area contributed by atoms with Crippen LogP contribution in [0, 0.1) is 11.3 Å². The topological polar surface area (TPSA) is 45.5 Å². The van der Waals surface area contributed by atoms with Crippen LogP contribution in [0.15, 0.2) is 24.3 Å². The van der Waals surface area contributed by atoms with Crippen molar-refractivity contribution < 1.29 is 9.47 Å². The van der Waals surface area contributed by atoms with Crippen LogP contribution >= 0.6 is 0 Å². The van der Waals surface area contributed by atoms with E-state index in [9.17, 15) is 0 Å². The second-order valence-corrected chi connectivity index (χ2v) is 5.71. The molecule has 108 valence electrons. The highest BCUT2D eigenvalue weighted by Crippen LogP contribution is 2.16. The molecule has 0 spiro atoms. The standard InChI is InChI=1S/C16H22N2O2/c1-16(2)13-18(10-12-20-16)9-11-19-15-5-3-14(4-6-15)7-8-17/h3-6H,7,9-13H2,1-2H3. The van der Waals surface area contributed by atoms with E-state index in [-0.39, 0.29) is 5.60 Å².